The molecule has 0 fully saturated rings. The van der Waals surface area contributed by atoms with Crippen LogP contribution >= 0.6 is 0 Å². The second-order valence-electron chi connectivity index (χ2n) is 6.42. The fraction of sp³-hybridized carbons (Fsp3) is 0.158. The number of nitrogens with zero attached hydrogens (tertiary/aromatic N) is 2. The molecule has 11 heteroatoms. The van der Waals surface area contributed by atoms with Crippen molar-refractivity contribution in [1.29, 1.82) is 0 Å². The van der Waals surface area contributed by atoms with Gasteiger partial charge in [-0.25, -0.2) is 8.42 Å². The Labute approximate surface area is 172 Å². The molecule has 1 amide bonds. The number of aromatic amines is 1. The lowest BCUT2D eigenvalue weighted by Crippen LogP contribution is -2.29. The van der Waals surface area contributed by atoms with Crippen LogP contribution in [0.2, 0.25) is 0 Å². The van der Waals surface area contributed by atoms with Gasteiger partial charge in [0.15, 0.2) is 9.84 Å². The Kier molecular flexibility index (Phi) is 6.11. The summed E-state index contributed by atoms with van der Waals surface area (Å²) in [5.41, 5.74) is 1.61. The van der Waals surface area contributed by atoms with Crippen LogP contribution in [0.1, 0.15) is 10.5 Å². The SMILES string of the molecule is CS(=O)(=O)c1ccc(NCCNC(=O)c2cc(-c3ccccc3)n[nH]2)c([N+](=O)[O-])c1. The van der Waals surface area contributed by atoms with Crippen molar-refractivity contribution in [1.82, 2.24) is 15.5 Å². The highest BCUT2D eigenvalue weighted by atomic mass is 32.2. The molecule has 0 aliphatic rings. The van der Waals surface area contributed by atoms with Gasteiger partial charge in [0.1, 0.15) is 11.4 Å². The van der Waals surface area contributed by atoms with Crippen molar-refractivity contribution in [2.75, 3.05) is 24.7 Å². The van der Waals surface area contributed by atoms with Gasteiger partial charge in [-0.15, -0.1) is 0 Å². The number of aromatic nitrogens is 2. The summed E-state index contributed by atoms with van der Waals surface area (Å²) >= 11 is 0. The van der Waals surface area contributed by atoms with E-state index in [1.807, 2.05) is 30.3 Å². The molecule has 0 aliphatic heterocycles. The number of nitro groups is 1. The highest BCUT2D eigenvalue weighted by Gasteiger charge is 2.18. The maximum atomic E-state index is 12.2. The van der Waals surface area contributed by atoms with Gasteiger partial charge < -0.3 is 10.6 Å². The van der Waals surface area contributed by atoms with Crippen LogP contribution in [0.4, 0.5) is 11.4 Å². The molecule has 3 N–H and O–H groups in total. The Hall–Kier alpha value is -3.73. The molecule has 0 atom stereocenters. The predicted molar refractivity (Wildman–Crippen MR) is 111 cm³/mol. The highest BCUT2D eigenvalue weighted by Crippen LogP contribution is 2.27. The lowest BCUT2D eigenvalue weighted by Gasteiger charge is -2.09. The summed E-state index contributed by atoms with van der Waals surface area (Å²) in [4.78, 5) is 22.7. The van der Waals surface area contributed by atoms with Crippen molar-refractivity contribution in [2.45, 2.75) is 4.90 Å². The van der Waals surface area contributed by atoms with Gasteiger partial charge in [-0.05, 0) is 18.2 Å². The molecule has 10 nitrogen and oxygen atoms in total. The molecule has 1 heterocycles. The molecule has 0 saturated heterocycles. The van der Waals surface area contributed by atoms with Crippen LogP contribution in [-0.4, -0.2) is 48.8 Å². The maximum absolute atomic E-state index is 12.2. The van der Waals surface area contributed by atoms with Gasteiger partial charge in [0.25, 0.3) is 11.6 Å². The number of hydrogen-bond donors (Lipinski definition) is 3. The van der Waals surface area contributed by atoms with Crippen molar-refractivity contribution in [3.63, 3.8) is 0 Å². The second kappa shape index (κ2) is 8.74. The highest BCUT2D eigenvalue weighted by molar-refractivity contribution is 7.90. The van der Waals surface area contributed by atoms with Crippen molar-refractivity contribution in [3.8, 4) is 11.3 Å². The molecule has 0 aliphatic carbocycles. The van der Waals surface area contributed by atoms with E-state index < -0.39 is 14.8 Å². The summed E-state index contributed by atoms with van der Waals surface area (Å²) in [7, 11) is -3.56. The van der Waals surface area contributed by atoms with Crippen molar-refractivity contribution >= 4 is 27.1 Å². The number of H-pyrrole nitrogens is 1. The lowest BCUT2D eigenvalue weighted by molar-refractivity contribution is -0.384. The largest absolute Gasteiger partial charge is 0.378 e. The van der Waals surface area contributed by atoms with Gasteiger partial charge in [-0.1, -0.05) is 30.3 Å². The molecular weight excluding hydrogens is 410 g/mol. The number of benzene rings is 2. The van der Waals surface area contributed by atoms with E-state index in [-0.39, 0.29) is 41.0 Å². The number of sulfone groups is 1. The topological polar surface area (TPSA) is 147 Å². The van der Waals surface area contributed by atoms with Crippen LogP contribution in [0.3, 0.4) is 0 Å². The molecule has 0 radical (unpaired) electrons. The standard InChI is InChI=1S/C19H19N5O5S/c1-30(28,29)14-7-8-15(18(11-14)24(26)27)20-9-10-21-19(25)17-12-16(22-23-17)13-5-3-2-4-6-13/h2-8,11-12,20H,9-10H2,1H3,(H,21,25)(H,22,23). The van der Waals surface area contributed by atoms with Gasteiger partial charge in [0.05, 0.1) is 15.5 Å². The van der Waals surface area contributed by atoms with E-state index in [1.54, 1.807) is 6.07 Å². The normalized spacial score (nSPS) is 11.1. The fourth-order valence-electron chi connectivity index (χ4n) is 2.71. The van der Waals surface area contributed by atoms with Gasteiger partial charge >= 0.3 is 0 Å². The van der Waals surface area contributed by atoms with E-state index in [1.165, 1.54) is 12.1 Å². The molecular formula is C19H19N5O5S. The number of nitro benzene ring substituents is 1. The summed E-state index contributed by atoms with van der Waals surface area (Å²) in [5, 5.41) is 23.5. The van der Waals surface area contributed by atoms with Gasteiger partial charge in [-0.2, -0.15) is 5.10 Å². The number of rotatable bonds is 8. The number of carbonyl (C=O) groups excluding carboxylic acids is 1. The monoisotopic (exact) mass is 429 g/mol. The van der Waals surface area contributed by atoms with E-state index in [9.17, 15) is 23.3 Å². The molecule has 30 heavy (non-hydrogen) atoms. The lowest BCUT2D eigenvalue weighted by atomic mass is 10.1. The van der Waals surface area contributed by atoms with Gasteiger partial charge in [0.2, 0.25) is 0 Å². The number of anilines is 1. The van der Waals surface area contributed by atoms with Crippen LogP contribution in [0.15, 0.2) is 59.5 Å². The number of carbonyl (C=O) groups is 1. The summed E-state index contributed by atoms with van der Waals surface area (Å²) in [6.45, 7) is 0.383. The minimum absolute atomic E-state index is 0.137. The Morgan fingerprint density at radius 1 is 1.13 bits per heavy atom. The van der Waals surface area contributed by atoms with Crippen LogP contribution in [0, 0.1) is 10.1 Å². The third-order valence-corrected chi connectivity index (χ3v) is 5.32. The quantitative estimate of drug-likeness (QED) is 0.282. The first-order valence-electron chi connectivity index (χ1n) is 8.87. The molecule has 2 aromatic carbocycles. The minimum Gasteiger partial charge on any atom is -0.378 e. The zero-order chi connectivity index (χ0) is 21.7. The minimum atomic E-state index is -3.56. The summed E-state index contributed by atoms with van der Waals surface area (Å²) in [6.07, 6.45) is 0.980. The Morgan fingerprint density at radius 3 is 2.53 bits per heavy atom. The fourth-order valence-corrected chi connectivity index (χ4v) is 3.35. The van der Waals surface area contributed by atoms with Crippen LogP contribution in [0.25, 0.3) is 11.3 Å². The first-order chi connectivity index (χ1) is 14.3. The van der Waals surface area contributed by atoms with Crippen LogP contribution in [-0.2, 0) is 9.84 Å². The van der Waals surface area contributed by atoms with Crippen LogP contribution in [0.5, 0.6) is 0 Å². The van der Waals surface area contributed by atoms with E-state index in [2.05, 4.69) is 20.8 Å². The summed E-state index contributed by atoms with van der Waals surface area (Å²) in [6, 6.07) is 14.6. The molecule has 0 spiro atoms. The predicted octanol–water partition coefficient (Wildman–Crippen LogP) is 2.23. The zero-order valence-electron chi connectivity index (χ0n) is 16.0. The third-order valence-electron chi connectivity index (χ3n) is 4.21. The molecule has 0 saturated carbocycles. The van der Waals surface area contributed by atoms with E-state index >= 15 is 0 Å². The van der Waals surface area contributed by atoms with Crippen LogP contribution < -0.4 is 10.6 Å². The number of nitrogens with one attached hydrogen (secondary N) is 3. The Morgan fingerprint density at radius 2 is 1.87 bits per heavy atom. The third kappa shape index (κ3) is 5.00. The average molecular weight is 429 g/mol. The van der Waals surface area contributed by atoms with Gasteiger partial charge in [0, 0.05) is 31.0 Å². The molecule has 1 aromatic heterocycles. The maximum Gasteiger partial charge on any atom is 0.293 e. The van der Waals surface area contributed by atoms with E-state index in [4.69, 9.17) is 0 Å². The molecule has 0 unspecified atom stereocenters. The van der Waals surface area contributed by atoms with Gasteiger partial charge in [-0.3, -0.25) is 20.0 Å². The van der Waals surface area contributed by atoms with E-state index in [0.29, 0.717) is 5.69 Å². The first-order valence-corrected chi connectivity index (χ1v) is 10.8. The van der Waals surface area contributed by atoms with Crippen molar-refractivity contribution in [3.05, 3.63) is 70.4 Å². The molecule has 0 bridgehead atoms. The number of amides is 1. The molecule has 3 rings (SSSR count). The average Bonchev–Trinajstić information content (AvgIpc) is 3.21. The smallest absolute Gasteiger partial charge is 0.293 e. The first kappa shape index (κ1) is 21.0. The van der Waals surface area contributed by atoms with Crippen molar-refractivity contribution < 1.29 is 18.1 Å². The van der Waals surface area contributed by atoms with Crippen molar-refractivity contribution in [2.24, 2.45) is 0 Å². The second-order valence-corrected chi connectivity index (χ2v) is 8.44. The molecule has 3 aromatic rings. The Bertz CT molecular complexity index is 1180. The summed E-state index contributed by atoms with van der Waals surface area (Å²) in [5.74, 6) is -0.367. The Balaban J connectivity index is 1.58. The number of hydrogen-bond acceptors (Lipinski definition) is 7. The molecule has 156 valence electrons. The zero-order valence-corrected chi connectivity index (χ0v) is 16.8. The summed E-state index contributed by atoms with van der Waals surface area (Å²) < 4.78 is 23.2. The van der Waals surface area contributed by atoms with E-state index in [0.717, 1.165) is 17.9 Å².